The van der Waals surface area contributed by atoms with Crippen molar-refractivity contribution in [3.63, 3.8) is 0 Å². The minimum absolute atomic E-state index is 0.0505. The highest BCUT2D eigenvalue weighted by Gasteiger charge is 2.27. The summed E-state index contributed by atoms with van der Waals surface area (Å²) < 4.78 is 5.21. The summed E-state index contributed by atoms with van der Waals surface area (Å²) in [5, 5.41) is 8.66. The lowest BCUT2D eigenvalue weighted by Gasteiger charge is -2.30. The fourth-order valence-corrected chi connectivity index (χ4v) is 1.77. The molecule has 4 nitrogen and oxygen atoms in total. The van der Waals surface area contributed by atoms with Gasteiger partial charge in [0.25, 0.3) is 0 Å². The average Bonchev–Trinajstić information content (AvgIpc) is 2.26. The molecule has 0 N–H and O–H groups in total. The van der Waals surface area contributed by atoms with Crippen molar-refractivity contribution in [1.82, 2.24) is 4.90 Å². The van der Waals surface area contributed by atoms with E-state index in [-0.39, 0.29) is 24.4 Å². The first kappa shape index (κ1) is 12.0. The van der Waals surface area contributed by atoms with Crippen LogP contribution in [0.4, 0.5) is 0 Å². The first-order valence-electron chi connectivity index (χ1n) is 5.42. The van der Waals surface area contributed by atoms with Crippen LogP contribution in [-0.2, 0) is 9.53 Å². The van der Waals surface area contributed by atoms with Crippen LogP contribution < -0.4 is 0 Å². The van der Waals surface area contributed by atoms with Gasteiger partial charge in [-0.1, -0.05) is 0 Å². The third-order valence-electron chi connectivity index (χ3n) is 2.72. The van der Waals surface area contributed by atoms with Gasteiger partial charge in [-0.15, -0.1) is 0 Å². The number of carbonyl (C=O) groups excluding carboxylic acids is 1. The Balaban J connectivity index is 2.58. The second kappa shape index (κ2) is 5.72. The molecule has 0 radical (unpaired) electrons. The van der Waals surface area contributed by atoms with Gasteiger partial charge in [-0.05, 0) is 26.7 Å². The van der Waals surface area contributed by atoms with Crippen molar-refractivity contribution >= 4 is 5.91 Å². The van der Waals surface area contributed by atoms with Crippen molar-refractivity contribution in [2.45, 2.75) is 32.7 Å². The molecule has 0 aromatic heterocycles. The van der Waals surface area contributed by atoms with Gasteiger partial charge in [0, 0.05) is 25.2 Å². The number of nitriles is 1. The Morgan fingerprint density at radius 2 is 2.13 bits per heavy atom. The Labute approximate surface area is 90.8 Å². The smallest absolute Gasteiger partial charge is 0.226 e. The maximum Gasteiger partial charge on any atom is 0.226 e. The van der Waals surface area contributed by atoms with Gasteiger partial charge in [0.05, 0.1) is 6.07 Å². The van der Waals surface area contributed by atoms with Crippen molar-refractivity contribution in [1.29, 1.82) is 5.26 Å². The molecule has 0 saturated carbocycles. The second-order valence-corrected chi connectivity index (χ2v) is 4.10. The van der Waals surface area contributed by atoms with E-state index in [2.05, 4.69) is 0 Å². The van der Waals surface area contributed by atoms with Gasteiger partial charge in [-0.2, -0.15) is 5.26 Å². The quantitative estimate of drug-likeness (QED) is 0.657. The van der Waals surface area contributed by atoms with E-state index in [1.54, 1.807) is 4.90 Å². The number of amides is 1. The Bertz CT molecular complexity index is 252. The number of nitrogens with zero attached hydrogens (tertiary/aromatic N) is 2. The van der Waals surface area contributed by atoms with Crippen molar-refractivity contribution in [3.8, 4) is 6.07 Å². The summed E-state index contributed by atoms with van der Waals surface area (Å²) in [5.74, 6) is 0.157. The molecule has 1 rings (SSSR count). The Kier molecular flexibility index (Phi) is 4.57. The summed E-state index contributed by atoms with van der Waals surface area (Å²) in [7, 11) is 0. The second-order valence-electron chi connectivity index (χ2n) is 4.10. The highest BCUT2D eigenvalue weighted by atomic mass is 16.5. The molecule has 0 bridgehead atoms. The van der Waals surface area contributed by atoms with Crippen LogP contribution >= 0.6 is 0 Å². The molecule has 1 heterocycles. The fourth-order valence-electron chi connectivity index (χ4n) is 1.77. The minimum atomic E-state index is 0.0505. The van der Waals surface area contributed by atoms with E-state index in [1.807, 2.05) is 19.9 Å². The van der Waals surface area contributed by atoms with E-state index in [0.717, 1.165) is 12.8 Å². The molecule has 1 amide bonds. The zero-order chi connectivity index (χ0) is 11.3. The zero-order valence-corrected chi connectivity index (χ0v) is 9.40. The monoisotopic (exact) mass is 210 g/mol. The largest absolute Gasteiger partial charge is 0.381 e. The molecule has 0 unspecified atom stereocenters. The molecule has 1 saturated heterocycles. The molecule has 1 fully saturated rings. The van der Waals surface area contributed by atoms with E-state index in [0.29, 0.717) is 13.2 Å². The maximum atomic E-state index is 12.0. The molecular weight excluding hydrogens is 192 g/mol. The molecule has 1 aliphatic rings. The molecule has 0 atom stereocenters. The van der Waals surface area contributed by atoms with Gasteiger partial charge < -0.3 is 9.64 Å². The van der Waals surface area contributed by atoms with E-state index < -0.39 is 0 Å². The van der Waals surface area contributed by atoms with Gasteiger partial charge >= 0.3 is 0 Å². The molecule has 0 aromatic carbocycles. The van der Waals surface area contributed by atoms with Gasteiger partial charge in [0.2, 0.25) is 5.91 Å². The molecule has 1 aliphatic heterocycles. The number of carbonyl (C=O) groups is 1. The van der Waals surface area contributed by atoms with E-state index in [1.165, 1.54) is 0 Å². The van der Waals surface area contributed by atoms with Crippen LogP contribution in [0.25, 0.3) is 0 Å². The maximum absolute atomic E-state index is 12.0. The topological polar surface area (TPSA) is 53.3 Å². The third-order valence-corrected chi connectivity index (χ3v) is 2.72. The lowest BCUT2D eigenvalue weighted by atomic mass is 9.98. The van der Waals surface area contributed by atoms with E-state index >= 15 is 0 Å². The SMILES string of the molecule is CC(C)N(CC#N)C(=O)C1CCOCC1. The van der Waals surface area contributed by atoms with Crippen LogP contribution in [0.2, 0.25) is 0 Å². The van der Waals surface area contributed by atoms with Crippen LogP contribution in [0.3, 0.4) is 0 Å². The molecular formula is C11H18N2O2. The van der Waals surface area contributed by atoms with Crippen molar-refractivity contribution in [3.05, 3.63) is 0 Å². The van der Waals surface area contributed by atoms with Gasteiger partial charge in [0.1, 0.15) is 6.54 Å². The molecule has 84 valence electrons. The van der Waals surface area contributed by atoms with Crippen molar-refractivity contribution < 1.29 is 9.53 Å². The van der Waals surface area contributed by atoms with Crippen LogP contribution in [0.15, 0.2) is 0 Å². The predicted octanol–water partition coefficient (Wildman–Crippen LogP) is 1.17. The number of hydrogen-bond acceptors (Lipinski definition) is 3. The Hall–Kier alpha value is -1.08. The fraction of sp³-hybridized carbons (Fsp3) is 0.818. The Morgan fingerprint density at radius 3 is 2.60 bits per heavy atom. The molecule has 4 heteroatoms. The Morgan fingerprint density at radius 1 is 1.53 bits per heavy atom. The number of hydrogen-bond donors (Lipinski definition) is 0. The van der Waals surface area contributed by atoms with Gasteiger partial charge in [0.15, 0.2) is 0 Å². The first-order chi connectivity index (χ1) is 7.16. The number of ether oxygens (including phenoxy) is 1. The van der Waals surface area contributed by atoms with Crippen LogP contribution in [0.5, 0.6) is 0 Å². The van der Waals surface area contributed by atoms with E-state index in [9.17, 15) is 4.79 Å². The first-order valence-corrected chi connectivity index (χ1v) is 5.42. The van der Waals surface area contributed by atoms with Gasteiger partial charge in [-0.3, -0.25) is 4.79 Å². The average molecular weight is 210 g/mol. The van der Waals surface area contributed by atoms with Crippen molar-refractivity contribution in [2.75, 3.05) is 19.8 Å². The lowest BCUT2D eigenvalue weighted by molar-refractivity contribution is -0.139. The summed E-state index contributed by atoms with van der Waals surface area (Å²) in [5.41, 5.74) is 0. The third kappa shape index (κ3) is 3.21. The van der Waals surface area contributed by atoms with Crippen LogP contribution in [0.1, 0.15) is 26.7 Å². The van der Waals surface area contributed by atoms with Crippen LogP contribution in [0, 0.1) is 17.2 Å². The summed E-state index contributed by atoms with van der Waals surface area (Å²) in [6.07, 6.45) is 1.57. The molecule has 0 spiro atoms. The summed E-state index contributed by atoms with van der Waals surface area (Å²) >= 11 is 0. The molecule has 0 aliphatic carbocycles. The lowest BCUT2D eigenvalue weighted by Crippen LogP contribution is -2.42. The minimum Gasteiger partial charge on any atom is -0.381 e. The highest BCUT2D eigenvalue weighted by molar-refractivity contribution is 5.79. The summed E-state index contributed by atoms with van der Waals surface area (Å²) in [4.78, 5) is 13.7. The van der Waals surface area contributed by atoms with Crippen LogP contribution in [-0.4, -0.2) is 36.6 Å². The normalized spacial score (nSPS) is 17.5. The molecule has 15 heavy (non-hydrogen) atoms. The van der Waals surface area contributed by atoms with Crippen molar-refractivity contribution in [2.24, 2.45) is 5.92 Å². The zero-order valence-electron chi connectivity index (χ0n) is 9.40. The standard InChI is InChI=1S/C11H18N2O2/c1-9(2)13(6-5-12)11(14)10-3-7-15-8-4-10/h9-10H,3-4,6-8H2,1-2H3. The van der Waals surface area contributed by atoms with Gasteiger partial charge in [-0.25, -0.2) is 0 Å². The molecule has 0 aromatic rings. The summed E-state index contributed by atoms with van der Waals surface area (Å²) in [6.45, 7) is 5.39. The highest BCUT2D eigenvalue weighted by Crippen LogP contribution is 2.18. The predicted molar refractivity (Wildman–Crippen MR) is 56.0 cm³/mol. The summed E-state index contributed by atoms with van der Waals surface area (Å²) in [6, 6.07) is 2.14. The number of rotatable bonds is 3. The van der Waals surface area contributed by atoms with E-state index in [4.69, 9.17) is 10.00 Å².